The number of β-amino-alcohol motifs (C(OH)–C–C–N with tert-alkyl or cyclic N) is 1. The molecular formula is C13H17NO3. The number of rotatable bonds is 2. The predicted octanol–water partition coefficient (Wildman–Crippen LogP) is 1.59. The molecule has 2 unspecified atom stereocenters. The molecule has 1 aromatic carbocycles. The largest absolute Gasteiger partial charge is 0.478 e. The Morgan fingerprint density at radius 1 is 1.41 bits per heavy atom. The highest BCUT2D eigenvalue weighted by Gasteiger charge is 2.26. The number of anilines is 1. The average Bonchev–Trinajstić information content (AvgIpc) is 2.32. The molecule has 17 heavy (non-hydrogen) atoms. The van der Waals surface area contributed by atoms with Crippen LogP contribution in [0.3, 0.4) is 0 Å². The van der Waals surface area contributed by atoms with Crippen molar-refractivity contribution in [2.45, 2.75) is 19.4 Å². The van der Waals surface area contributed by atoms with Gasteiger partial charge in [-0.15, -0.1) is 0 Å². The van der Waals surface area contributed by atoms with Crippen LogP contribution in [0.5, 0.6) is 0 Å². The van der Waals surface area contributed by atoms with E-state index in [1.807, 2.05) is 17.9 Å². The summed E-state index contributed by atoms with van der Waals surface area (Å²) in [7, 11) is 0. The summed E-state index contributed by atoms with van der Waals surface area (Å²) in [5, 5.41) is 19.0. The summed E-state index contributed by atoms with van der Waals surface area (Å²) < 4.78 is 0. The lowest BCUT2D eigenvalue weighted by atomic mass is 9.95. The van der Waals surface area contributed by atoms with Crippen LogP contribution in [0.1, 0.15) is 23.7 Å². The number of benzene rings is 1. The number of carbonyl (C=O) groups is 1. The Labute approximate surface area is 100 Å². The Kier molecular flexibility index (Phi) is 3.33. The average molecular weight is 235 g/mol. The summed E-state index contributed by atoms with van der Waals surface area (Å²) in [6.45, 7) is 3.32. The number of aliphatic hydroxyl groups excluding tert-OH is 1. The molecule has 0 aromatic heterocycles. The number of nitrogens with zero attached hydrogens (tertiary/aromatic N) is 1. The Morgan fingerprint density at radius 3 is 2.76 bits per heavy atom. The molecule has 0 saturated carbocycles. The van der Waals surface area contributed by atoms with Crippen molar-refractivity contribution < 1.29 is 15.0 Å². The molecule has 1 aromatic rings. The summed E-state index contributed by atoms with van der Waals surface area (Å²) in [6, 6.07) is 6.94. The van der Waals surface area contributed by atoms with Crippen molar-refractivity contribution in [3.63, 3.8) is 0 Å². The van der Waals surface area contributed by atoms with Gasteiger partial charge < -0.3 is 15.1 Å². The second-order valence-corrected chi connectivity index (χ2v) is 4.60. The minimum atomic E-state index is -0.922. The van der Waals surface area contributed by atoms with Gasteiger partial charge in [-0.2, -0.15) is 0 Å². The van der Waals surface area contributed by atoms with E-state index in [-0.39, 0.29) is 12.0 Å². The van der Waals surface area contributed by atoms with Crippen LogP contribution in [0.4, 0.5) is 5.69 Å². The van der Waals surface area contributed by atoms with Crippen molar-refractivity contribution in [3.05, 3.63) is 29.8 Å². The summed E-state index contributed by atoms with van der Waals surface area (Å²) in [6.07, 6.45) is 0.500. The number of para-hydroxylation sites is 1. The smallest absolute Gasteiger partial charge is 0.337 e. The second kappa shape index (κ2) is 4.75. The molecule has 1 saturated heterocycles. The van der Waals surface area contributed by atoms with Crippen LogP contribution in [0, 0.1) is 5.92 Å². The minimum absolute atomic E-state index is 0.281. The lowest BCUT2D eigenvalue weighted by Gasteiger charge is -2.36. The van der Waals surface area contributed by atoms with Gasteiger partial charge in [-0.3, -0.25) is 0 Å². The van der Waals surface area contributed by atoms with Gasteiger partial charge in [-0.1, -0.05) is 19.1 Å². The monoisotopic (exact) mass is 235 g/mol. The second-order valence-electron chi connectivity index (χ2n) is 4.60. The van der Waals surface area contributed by atoms with Crippen LogP contribution in [-0.4, -0.2) is 35.4 Å². The molecule has 1 aliphatic rings. The molecule has 0 spiro atoms. The zero-order chi connectivity index (χ0) is 12.4. The number of carboxylic acid groups (broad SMARTS) is 1. The molecule has 2 atom stereocenters. The molecule has 2 N–H and O–H groups in total. The van der Waals surface area contributed by atoms with Crippen LogP contribution in [0.25, 0.3) is 0 Å². The van der Waals surface area contributed by atoms with Crippen LogP contribution in [0.15, 0.2) is 24.3 Å². The molecule has 0 aliphatic carbocycles. The van der Waals surface area contributed by atoms with Crippen LogP contribution >= 0.6 is 0 Å². The first kappa shape index (κ1) is 11.9. The van der Waals surface area contributed by atoms with Gasteiger partial charge >= 0.3 is 5.97 Å². The van der Waals surface area contributed by atoms with Gasteiger partial charge in [-0.25, -0.2) is 4.79 Å². The van der Waals surface area contributed by atoms with E-state index in [0.717, 1.165) is 13.0 Å². The van der Waals surface area contributed by atoms with E-state index in [9.17, 15) is 9.90 Å². The normalized spacial score (nSPS) is 24.7. The maximum Gasteiger partial charge on any atom is 0.337 e. The van der Waals surface area contributed by atoms with E-state index in [4.69, 9.17) is 5.11 Å². The fraction of sp³-hybridized carbons (Fsp3) is 0.462. The van der Waals surface area contributed by atoms with Gasteiger partial charge in [0, 0.05) is 13.1 Å². The van der Waals surface area contributed by atoms with Crippen molar-refractivity contribution in [2.75, 3.05) is 18.0 Å². The molecule has 1 aliphatic heterocycles. The van der Waals surface area contributed by atoms with E-state index in [1.54, 1.807) is 18.2 Å². The third kappa shape index (κ3) is 2.42. The quantitative estimate of drug-likeness (QED) is 0.817. The van der Waals surface area contributed by atoms with E-state index >= 15 is 0 Å². The van der Waals surface area contributed by atoms with Crippen molar-refractivity contribution in [2.24, 2.45) is 5.92 Å². The fourth-order valence-electron chi connectivity index (χ4n) is 2.20. The Bertz CT molecular complexity index is 419. The number of hydrogen-bond acceptors (Lipinski definition) is 3. The first-order valence-electron chi connectivity index (χ1n) is 5.85. The molecule has 1 fully saturated rings. The molecule has 4 heteroatoms. The maximum absolute atomic E-state index is 11.1. The fourth-order valence-corrected chi connectivity index (χ4v) is 2.20. The van der Waals surface area contributed by atoms with E-state index in [1.165, 1.54) is 0 Å². The van der Waals surface area contributed by atoms with Crippen molar-refractivity contribution >= 4 is 11.7 Å². The molecule has 4 nitrogen and oxygen atoms in total. The third-order valence-corrected chi connectivity index (χ3v) is 3.39. The highest BCUT2D eigenvalue weighted by molar-refractivity contribution is 5.94. The topological polar surface area (TPSA) is 60.8 Å². The number of aromatic carboxylic acids is 1. The SMILES string of the molecule is CC1CCN(c2ccccc2C(=O)O)CC1O. The summed E-state index contributed by atoms with van der Waals surface area (Å²) in [5.74, 6) is -0.642. The summed E-state index contributed by atoms with van der Waals surface area (Å²) >= 11 is 0. The maximum atomic E-state index is 11.1. The highest BCUT2D eigenvalue weighted by atomic mass is 16.4. The van der Waals surface area contributed by atoms with Gasteiger partial charge in [0.25, 0.3) is 0 Å². The van der Waals surface area contributed by atoms with Crippen LogP contribution in [0.2, 0.25) is 0 Å². The molecule has 0 radical (unpaired) electrons. The number of aliphatic hydroxyl groups is 1. The lowest BCUT2D eigenvalue weighted by molar-refractivity contribution is 0.0695. The molecule has 0 amide bonds. The number of piperidine rings is 1. The standard InChI is InChI=1S/C13H17NO3/c1-9-6-7-14(8-12(9)15)11-5-3-2-4-10(11)13(16)17/h2-5,9,12,15H,6-8H2,1H3,(H,16,17). The van der Waals surface area contributed by atoms with E-state index < -0.39 is 5.97 Å². The first-order valence-corrected chi connectivity index (χ1v) is 5.85. The van der Waals surface area contributed by atoms with Gasteiger partial charge in [0.05, 0.1) is 17.4 Å². The van der Waals surface area contributed by atoms with Gasteiger partial charge in [0.2, 0.25) is 0 Å². The van der Waals surface area contributed by atoms with Crippen LogP contribution < -0.4 is 4.90 Å². The molecule has 92 valence electrons. The number of carboxylic acids is 1. The Morgan fingerprint density at radius 2 is 2.12 bits per heavy atom. The van der Waals surface area contributed by atoms with Crippen LogP contribution in [-0.2, 0) is 0 Å². The van der Waals surface area contributed by atoms with E-state index in [0.29, 0.717) is 17.8 Å². The number of hydrogen-bond donors (Lipinski definition) is 2. The Hall–Kier alpha value is -1.55. The molecular weight excluding hydrogens is 218 g/mol. The zero-order valence-electron chi connectivity index (χ0n) is 9.84. The van der Waals surface area contributed by atoms with Gasteiger partial charge in [-0.05, 0) is 24.5 Å². The van der Waals surface area contributed by atoms with E-state index in [2.05, 4.69) is 0 Å². The van der Waals surface area contributed by atoms with Crippen molar-refractivity contribution in [3.8, 4) is 0 Å². The molecule has 2 rings (SSSR count). The highest BCUT2D eigenvalue weighted by Crippen LogP contribution is 2.26. The lowest BCUT2D eigenvalue weighted by Crippen LogP contribution is -2.43. The van der Waals surface area contributed by atoms with Gasteiger partial charge in [0.15, 0.2) is 0 Å². The third-order valence-electron chi connectivity index (χ3n) is 3.39. The zero-order valence-corrected chi connectivity index (χ0v) is 9.84. The Balaban J connectivity index is 2.25. The van der Waals surface area contributed by atoms with Crippen molar-refractivity contribution in [1.82, 2.24) is 0 Å². The summed E-state index contributed by atoms with van der Waals surface area (Å²) in [5.41, 5.74) is 1.00. The minimum Gasteiger partial charge on any atom is -0.478 e. The summed E-state index contributed by atoms with van der Waals surface area (Å²) in [4.78, 5) is 13.1. The molecule has 0 bridgehead atoms. The first-order chi connectivity index (χ1) is 8.09. The predicted molar refractivity (Wildman–Crippen MR) is 65.4 cm³/mol. The van der Waals surface area contributed by atoms with Crippen molar-refractivity contribution in [1.29, 1.82) is 0 Å². The molecule has 1 heterocycles. The van der Waals surface area contributed by atoms with Gasteiger partial charge in [0.1, 0.15) is 0 Å².